The van der Waals surface area contributed by atoms with E-state index in [1.54, 1.807) is 7.11 Å². The van der Waals surface area contributed by atoms with E-state index in [1.165, 1.54) is 18.1 Å². The molecule has 6 heteroatoms. The van der Waals surface area contributed by atoms with Gasteiger partial charge in [0.2, 0.25) is 0 Å². The van der Waals surface area contributed by atoms with Gasteiger partial charge in [0.05, 0.1) is 7.11 Å². The molecule has 2 rings (SSSR count). The van der Waals surface area contributed by atoms with Gasteiger partial charge in [0.1, 0.15) is 27.9 Å². The average molecular weight is 268 g/mol. The van der Waals surface area contributed by atoms with Gasteiger partial charge in [-0.3, -0.25) is 0 Å². The van der Waals surface area contributed by atoms with Gasteiger partial charge in [0.15, 0.2) is 0 Å². The molecule has 0 spiro atoms. The topological polar surface area (TPSA) is 61.0 Å². The number of aromatic nitrogens is 2. The van der Waals surface area contributed by atoms with Crippen molar-refractivity contribution in [1.29, 1.82) is 0 Å². The number of benzene rings is 1. The molecule has 2 N–H and O–H groups in total. The quantitative estimate of drug-likeness (QED) is 0.867. The normalized spacial score (nSPS) is 10.2. The van der Waals surface area contributed by atoms with E-state index in [4.69, 9.17) is 22.1 Å². The molecule has 1 aromatic heterocycles. The van der Waals surface area contributed by atoms with Crippen LogP contribution in [0.2, 0.25) is 5.02 Å². The predicted molar refractivity (Wildman–Crippen MR) is 68.6 cm³/mol. The molecule has 0 unspecified atom stereocenters. The summed E-state index contributed by atoms with van der Waals surface area (Å²) in [6.07, 6.45) is 1.39. The number of hydrogen-bond donors (Lipinski definition) is 1. The molecule has 0 saturated carbocycles. The molecule has 0 aliphatic heterocycles. The Morgan fingerprint density at radius 3 is 2.94 bits per heavy atom. The molecule has 2 aromatic rings. The van der Waals surface area contributed by atoms with Crippen LogP contribution in [-0.2, 0) is 0 Å². The second-order valence-electron chi connectivity index (χ2n) is 3.16. The van der Waals surface area contributed by atoms with Crippen molar-refractivity contribution < 1.29 is 4.74 Å². The Morgan fingerprint density at radius 1 is 1.35 bits per heavy atom. The van der Waals surface area contributed by atoms with Gasteiger partial charge >= 0.3 is 0 Å². The van der Waals surface area contributed by atoms with E-state index in [2.05, 4.69) is 9.97 Å². The third-order valence-electron chi connectivity index (χ3n) is 2.04. The van der Waals surface area contributed by atoms with Crippen molar-refractivity contribution in [2.45, 2.75) is 9.92 Å². The zero-order chi connectivity index (χ0) is 12.3. The molecule has 0 atom stereocenters. The Labute approximate surface area is 108 Å². The van der Waals surface area contributed by atoms with Gasteiger partial charge < -0.3 is 10.5 Å². The third kappa shape index (κ3) is 2.81. The van der Waals surface area contributed by atoms with Crippen molar-refractivity contribution in [1.82, 2.24) is 9.97 Å². The van der Waals surface area contributed by atoms with Crippen molar-refractivity contribution >= 4 is 29.2 Å². The number of anilines is 1. The molecule has 0 aliphatic rings. The molecule has 0 aliphatic carbocycles. The SMILES string of the molecule is COc1cccc(Sc2ncnc(N)c2Cl)c1. The zero-order valence-corrected chi connectivity index (χ0v) is 10.6. The largest absolute Gasteiger partial charge is 0.497 e. The first-order valence-electron chi connectivity index (χ1n) is 4.78. The molecule has 4 nitrogen and oxygen atoms in total. The number of nitrogen functional groups attached to an aromatic ring is 1. The summed E-state index contributed by atoms with van der Waals surface area (Å²) in [7, 11) is 1.62. The van der Waals surface area contributed by atoms with Crippen LogP contribution in [0.15, 0.2) is 40.5 Å². The summed E-state index contributed by atoms with van der Waals surface area (Å²) < 4.78 is 5.14. The minimum absolute atomic E-state index is 0.284. The van der Waals surface area contributed by atoms with Crippen molar-refractivity contribution in [2.24, 2.45) is 0 Å². The highest BCUT2D eigenvalue weighted by atomic mass is 35.5. The van der Waals surface area contributed by atoms with Gasteiger partial charge in [0.25, 0.3) is 0 Å². The van der Waals surface area contributed by atoms with Crippen LogP contribution in [0, 0.1) is 0 Å². The van der Waals surface area contributed by atoms with Crippen LogP contribution in [0.4, 0.5) is 5.82 Å². The van der Waals surface area contributed by atoms with E-state index < -0.39 is 0 Å². The fourth-order valence-corrected chi connectivity index (χ4v) is 2.27. The van der Waals surface area contributed by atoms with Crippen LogP contribution in [0.25, 0.3) is 0 Å². The van der Waals surface area contributed by atoms with Crippen LogP contribution >= 0.6 is 23.4 Å². The van der Waals surface area contributed by atoms with E-state index in [-0.39, 0.29) is 5.82 Å². The van der Waals surface area contributed by atoms with Gasteiger partial charge in [-0.15, -0.1) is 0 Å². The van der Waals surface area contributed by atoms with Crippen LogP contribution < -0.4 is 10.5 Å². The molecule has 0 radical (unpaired) electrons. The molecule has 0 fully saturated rings. The molecule has 88 valence electrons. The van der Waals surface area contributed by atoms with Crippen molar-refractivity contribution in [3.63, 3.8) is 0 Å². The summed E-state index contributed by atoms with van der Waals surface area (Å²) in [5.41, 5.74) is 5.61. The lowest BCUT2D eigenvalue weighted by atomic mass is 10.3. The average Bonchev–Trinajstić information content (AvgIpc) is 2.35. The van der Waals surface area contributed by atoms with Crippen LogP contribution in [0.1, 0.15) is 0 Å². The van der Waals surface area contributed by atoms with Crippen molar-refractivity contribution in [3.8, 4) is 5.75 Å². The maximum absolute atomic E-state index is 6.01. The molecule has 1 aromatic carbocycles. The molecule has 0 amide bonds. The first kappa shape index (κ1) is 12.0. The number of rotatable bonds is 3. The van der Waals surface area contributed by atoms with Crippen molar-refractivity contribution in [3.05, 3.63) is 35.6 Å². The van der Waals surface area contributed by atoms with Crippen LogP contribution in [0.5, 0.6) is 5.75 Å². The highest BCUT2D eigenvalue weighted by Crippen LogP contribution is 2.34. The van der Waals surface area contributed by atoms with Gasteiger partial charge in [-0.1, -0.05) is 29.4 Å². The first-order valence-corrected chi connectivity index (χ1v) is 5.98. The number of nitrogens with two attached hydrogens (primary N) is 1. The number of hydrogen-bond acceptors (Lipinski definition) is 5. The first-order chi connectivity index (χ1) is 8.20. The summed E-state index contributed by atoms with van der Waals surface area (Å²) in [5.74, 6) is 1.07. The molecular weight excluding hydrogens is 258 g/mol. The third-order valence-corrected chi connectivity index (χ3v) is 3.52. The van der Waals surface area contributed by atoms with Crippen LogP contribution in [0.3, 0.4) is 0 Å². The number of ether oxygens (including phenoxy) is 1. The summed E-state index contributed by atoms with van der Waals surface area (Å²) in [4.78, 5) is 8.88. The summed E-state index contributed by atoms with van der Waals surface area (Å²) in [6, 6.07) is 7.63. The zero-order valence-electron chi connectivity index (χ0n) is 9.05. The van der Waals surface area contributed by atoms with E-state index in [0.717, 1.165) is 10.6 Å². The van der Waals surface area contributed by atoms with Crippen molar-refractivity contribution in [2.75, 3.05) is 12.8 Å². The van der Waals surface area contributed by atoms with E-state index in [0.29, 0.717) is 10.0 Å². The Hall–Kier alpha value is -1.46. The number of halogens is 1. The lowest BCUT2D eigenvalue weighted by Crippen LogP contribution is -1.94. The van der Waals surface area contributed by atoms with Gasteiger partial charge in [-0.05, 0) is 18.2 Å². The second-order valence-corrected chi connectivity index (χ2v) is 4.60. The predicted octanol–water partition coefficient (Wildman–Crippen LogP) is 2.87. The highest BCUT2D eigenvalue weighted by Gasteiger charge is 2.08. The number of methoxy groups -OCH3 is 1. The standard InChI is InChI=1S/C11H10ClN3OS/c1-16-7-3-2-4-8(5-7)17-11-9(12)10(13)14-6-15-11/h2-6H,1H3,(H2,13,14,15). The smallest absolute Gasteiger partial charge is 0.146 e. The Bertz CT molecular complexity index is 536. The Morgan fingerprint density at radius 2 is 2.18 bits per heavy atom. The fraction of sp³-hybridized carbons (Fsp3) is 0.0909. The molecule has 17 heavy (non-hydrogen) atoms. The maximum atomic E-state index is 6.01. The summed E-state index contributed by atoms with van der Waals surface area (Å²) in [5, 5.41) is 1.01. The van der Waals surface area contributed by atoms with Gasteiger partial charge in [-0.25, -0.2) is 9.97 Å². The van der Waals surface area contributed by atoms with Gasteiger partial charge in [0, 0.05) is 4.90 Å². The fourth-order valence-electron chi connectivity index (χ4n) is 1.21. The summed E-state index contributed by atoms with van der Waals surface area (Å²) in [6.45, 7) is 0. The molecular formula is C11H10ClN3OS. The van der Waals surface area contributed by atoms with E-state index in [9.17, 15) is 0 Å². The molecule has 1 heterocycles. The minimum atomic E-state index is 0.284. The highest BCUT2D eigenvalue weighted by molar-refractivity contribution is 7.99. The number of nitrogens with zero attached hydrogens (tertiary/aromatic N) is 2. The van der Waals surface area contributed by atoms with Crippen LogP contribution in [-0.4, -0.2) is 17.1 Å². The molecule has 0 saturated heterocycles. The summed E-state index contributed by atoms with van der Waals surface area (Å²) >= 11 is 7.43. The van der Waals surface area contributed by atoms with Gasteiger partial charge in [-0.2, -0.15) is 0 Å². The van der Waals surface area contributed by atoms with E-state index in [1.807, 2.05) is 24.3 Å². The molecule has 0 bridgehead atoms. The lowest BCUT2D eigenvalue weighted by molar-refractivity contribution is 0.413. The Kier molecular flexibility index (Phi) is 3.71. The maximum Gasteiger partial charge on any atom is 0.146 e. The monoisotopic (exact) mass is 267 g/mol. The lowest BCUT2D eigenvalue weighted by Gasteiger charge is -2.05. The second kappa shape index (κ2) is 5.25. The van der Waals surface area contributed by atoms with E-state index >= 15 is 0 Å². The minimum Gasteiger partial charge on any atom is -0.497 e. The Balaban J connectivity index is 2.28.